The van der Waals surface area contributed by atoms with Crippen molar-refractivity contribution in [1.29, 1.82) is 0 Å². The summed E-state index contributed by atoms with van der Waals surface area (Å²) in [5.74, 6) is -0.657. The Morgan fingerprint density at radius 1 is 1.11 bits per heavy atom. The summed E-state index contributed by atoms with van der Waals surface area (Å²) in [5, 5.41) is 7.52. The fraction of sp³-hybridized carbons (Fsp3) is 0.308. The van der Waals surface area contributed by atoms with Crippen LogP contribution in [-0.2, 0) is 27.3 Å². The van der Waals surface area contributed by atoms with Crippen LogP contribution in [0.2, 0.25) is 0 Å². The van der Waals surface area contributed by atoms with Crippen molar-refractivity contribution in [2.45, 2.75) is 38.8 Å². The lowest BCUT2D eigenvalue weighted by molar-refractivity contribution is -0.122. The molecule has 0 radical (unpaired) electrons. The van der Waals surface area contributed by atoms with Gasteiger partial charge in [-0.25, -0.2) is 4.98 Å². The van der Waals surface area contributed by atoms with Gasteiger partial charge < -0.3 is 30.5 Å². The molecule has 0 saturated heterocycles. The fourth-order valence-corrected chi connectivity index (χ4v) is 3.68. The van der Waals surface area contributed by atoms with Gasteiger partial charge in [-0.1, -0.05) is 37.3 Å². The molecule has 2 aromatic heterocycles. The Labute approximate surface area is 220 Å². The highest BCUT2D eigenvalue weighted by Gasteiger charge is 2.23. The normalized spacial score (nSPS) is 10.1. The van der Waals surface area contributed by atoms with E-state index < -0.39 is 11.9 Å². The van der Waals surface area contributed by atoms with E-state index in [0.29, 0.717) is 30.1 Å². The van der Waals surface area contributed by atoms with E-state index in [0.717, 1.165) is 6.42 Å². The Balaban J connectivity index is 0.000000900. The maximum Gasteiger partial charge on any atom is 0.274 e. The summed E-state index contributed by atoms with van der Waals surface area (Å²) in [5.41, 5.74) is 7.02. The van der Waals surface area contributed by atoms with Crippen molar-refractivity contribution in [3.05, 3.63) is 81.2 Å². The van der Waals surface area contributed by atoms with Gasteiger partial charge >= 0.3 is 0 Å². The number of amides is 1. The van der Waals surface area contributed by atoms with Crippen LogP contribution in [0.25, 0.3) is 0 Å². The zero-order chi connectivity index (χ0) is 28.1. The maximum absolute atomic E-state index is 12.5. The molecule has 1 amide bonds. The summed E-state index contributed by atoms with van der Waals surface area (Å²) in [6.45, 7) is 6.41. The number of aryl methyl sites for hydroxylation is 1. The standard InChI is InChI=1S/C16H21N5O3S.C8H10.2CH2O/c1-18-12-5-3-8-21(16(12)24)10-13(22)20-11(4-2-6-17)14(23)15-19-7-9-25-15;1-2-8-6-4-3-5-7-8;2*1-2/h3,5,7-9,11,18H,2,4,6,10,17H2,1H3,(H,20,22);3-7H,2H2,1H3;2*1H2/t11-;;;/m0.../s1. The molecule has 2 heterocycles. The molecule has 0 aliphatic carbocycles. The van der Waals surface area contributed by atoms with Gasteiger partial charge in [0.2, 0.25) is 11.7 Å². The predicted octanol–water partition coefficient (Wildman–Crippen LogP) is 2.33. The molecule has 0 fully saturated rings. The number of carbonyl (C=O) groups excluding carboxylic acids is 4. The van der Waals surface area contributed by atoms with Crippen molar-refractivity contribution in [2.24, 2.45) is 5.73 Å². The van der Waals surface area contributed by atoms with Crippen molar-refractivity contribution in [1.82, 2.24) is 14.9 Å². The van der Waals surface area contributed by atoms with Crippen molar-refractivity contribution >= 4 is 42.3 Å². The van der Waals surface area contributed by atoms with Crippen LogP contribution in [0, 0.1) is 0 Å². The van der Waals surface area contributed by atoms with Gasteiger partial charge in [0.05, 0.1) is 6.04 Å². The number of nitrogens with two attached hydrogens (primary N) is 1. The van der Waals surface area contributed by atoms with Gasteiger partial charge in [-0.2, -0.15) is 0 Å². The number of pyridine rings is 1. The Kier molecular flexibility index (Phi) is 18.1. The smallest absolute Gasteiger partial charge is 0.274 e. The molecular formula is C26H35N5O5S. The summed E-state index contributed by atoms with van der Waals surface area (Å²) in [6, 6.07) is 13.1. The van der Waals surface area contributed by atoms with E-state index in [2.05, 4.69) is 46.8 Å². The number of carbonyl (C=O) groups is 4. The third kappa shape index (κ3) is 12.0. The molecule has 0 aliphatic rings. The van der Waals surface area contributed by atoms with E-state index in [9.17, 15) is 14.4 Å². The van der Waals surface area contributed by atoms with E-state index >= 15 is 0 Å². The minimum absolute atomic E-state index is 0.168. The van der Waals surface area contributed by atoms with E-state index in [1.165, 1.54) is 27.7 Å². The number of aromatic nitrogens is 2. The first-order chi connectivity index (χ1) is 18.0. The average molecular weight is 530 g/mol. The lowest BCUT2D eigenvalue weighted by Crippen LogP contribution is -2.43. The monoisotopic (exact) mass is 529 g/mol. The number of hydrogen-bond donors (Lipinski definition) is 3. The van der Waals surface area contributed by atoms with Crippen LogP contribution in [0.4, 0.5) is 5.69 Å². The number of ketones is 1. The molecule has 0 aliphatic heterocycles. The summed E-state index contributed by atoms with van der Waals surface area (Å²) < 4.78 is 1.29. The minimum atomic E-state index is -0.703. The highest BCUT2D eigenvalue weighted by Crippen LogP contribution is 2.11. The molecule has 11 heteroatoms. The van der Waals surface area contributed by atoms with Gasteiger partial charge in [-0.05, 0) is 43.5 Å². The largest absolute Gasteiger partial charge is 0.384 e. The second kappa shape index (κ2) is 20.3. The third-order valence-electron chi connectivity index (χ3n) is 4.85. The lowest BCUT2D eigenvalue weighted by atomic mass is 10.1. The zero-order valence-electron chi connectivity index (χ0n) is 21.2. The lowest BCUT2D eigenvalue weighted by Gasteiger charge is -2.17. The number of nitrogens with zero attached hydrogens (tertiary/aromatic N) is 2. The van der Waals surface area contributed by atoms with E-state index in [-0.39, 0.29) is 17.9 Å². The van der Waals surface area contributed by atoms with E-state index in [1.54, 1.807) is 30.8 Å². The Morgan fingerprint density at radius 3 is 2.30 bits per heavy atom. The Morgan fingerprint density at radius 2 is 1.78 bits per heavy atom. The number of hydrogen-bond acceptors (Lipinski definition) is 9. The Bertz CT molecular complexity index is 1090. The first-order valence-corrected chi connectivity index (χ1v) is 12.3. The molecule has 3 rings (SSSR count). The third-order valence-corrected chi connectivity index (χ3v) is 5.63. The second-order valence-corrected chi connectivity index (χ2v) is 8.09. The van der Waals surface area contributed by atoms with Crippen molar-refractivity contribution in [3.63, 3.8) is 0 Å². The van der Waals surface area contributed by atoms with Gasteiger partial charge in [-0.15, -0.1) is 11.3 Å². The molecule has 0 bridgehead atoms. The number of rotatable bonds is 10. The number of anilines is 1. The van der Waals surface area contributed by atoms with Crippen LogP contribution in [0.1, 0.15) is 35.1 Å². The van der Waals surface area contributed by atoms with Crippen LogP contribution in [0.5, 0.6) is 0 Å². The predicted molar refractivity (Wildman–Crippen MR) is 147 cm³/mol. The molecule has 1 aromatic carbocycles. The van der Waals surface area contributed by atoms with Gasteiger partial charge in [0, 0.05) is 24.8 Å². The minimum Gasteiger partial charge on any atom is -0.384 e. The molecule has 1 atom stereocenters. The van der Waals surface area contributed by atoms with Crippen LogP contribution in [0.3, 0.4) is 0 Å². The second-order valence-electron chi connectivity index (χ2n) is 7.20. The zero-order valence-corrected chi connectivity index (χ0v) is 22.0. The van der Waals surface area contributed by atoms with Crippen molar-refractivity contribution < 1.29 is 19.2 Å². The first-order valence-electron chi connectivity index (χ1n) is 11.4. The van der Waals surface area contributed by atoms with Gasteiger partial charge in [0.1, 0.15) is 25.8 Å². The molecule has 0 unspecified atom stereocenters. The highest BCUT2D eigenvalue weighted by atomic mass is 32.1. The molecule has 200 valence electrons. The molecule has 0 spiro atoms. The highest BCUT2D eigenvalue weighted by molar-refractivity contribution is 7.11. The van der Waals surface area contributed by atoms with Gasteiger partial charge in [0.15, 0.2) is 5.01 Å². The topological polar surface area (TPSA) is 153 Å². The maximum atomic E-state index is 12.5. The molecule has 10 nitrogen and oxygen atoms in total. The SMILES string of the molecule is C=O.C=O.CCc1ccccc1.CNc1cccn(CC(=O)N[C@@H](CCCN)C(=O)c2nccs2)c1=O. The number of benzene rings is 1. The Hall–Kier alpha value is -3.96. The van der Waals surface area contributed by atoms with Crippen molar-refractivity contribution in [2.75, 3.05) is 18.9 Å². The number of nitrogens with one attached hydrogen (secondary N) is 2. The molecule has 3 aromatic rings. The average Bonchev–Trinajstić information content (AvgIpc) is 3.50. The molecular weight excluding hydrogens is 494 g/mol. The summed E-state index contributed by atoms with van der Waals surface area (Å²) in [7, 11) is 1.64. The summed E-state index contributed by atoms with van der Waals surface area (Å²) in [6.07, 6.45) is 5.23. The van der Waals surface area contributed by atoms with Crippen LogP contribution < -0.4 is 21.9 Å². The van der Waals surface area contributed by atoms with Gasteiger partial charge in [-0.3, -0.25) is 14.4 Å². The fourth-order valence-electron chi connectivity index (χ4n) is 3.04. The number of Topliss-reactive ketones (excluding diaryl/α,β-unsaturated/α-hetero) is 1. The molecule has 37 heavy (non-hydrogen) atoms. The van der Waals surface area contributed by atoms with Crippen LogP contribution >= 0.6 is 11.3 Å². The van der Waals surface area contributed by atoms with Crippen LogP contribution in [-0.4, -0.2) is 54.5 Å². The first kappa shape index (κ1) is 33.0. The van der Waals surface area contributed by atoms with E-state index in [1.807, 2.05) is 19.6 Å². The molecule has 4 N–H and O–H groups in total. The van der Waals surface area contributed by atoms with Gasteiger partial charge in [0.25, 0.3) is 5.56 Å². The van der Waals surface area contributed by atoms with Crippen molar-refractivity contribution in [3.8, 4) is 0 Å². The van der Waals surface area contributed by atoms with E-state index in [4.69, 9.17) is 15.3 Å². The van der Waals surface area contributed by atoms with Crippen LogP contribution in [0.15, 0.2) is 65.0 Å². The molecule has 0 saturated carbocycles. The summed E-state index contributed by atoms with van der Waals surface area (Å²) in [4.78, 5) is 56.9. The summed E-state index contributed by atoms with van der Waals surface area (Å²) >= 11 is 1.22. The number of thiazole rings is 1. The quantitative estimate of drug-likeness (QED) is 0.338.